The van der Waals surface area contributed by atoms with Crippen LogP contribution in [0.25, 0.3) is 11.0 Å². The Bertz CT molecular complexity index is 960. The molecule has 0 saturated heterocycles. The minimum atomic E-state index is -0.413. The highest BCUT2D eigenvalue weighted by molar-refractivity contribution is 7.15. The van der Waals surface area contributed by atoms with Crippen LogP contribution in [-0.2, 0) is 0 Å². The van der Waals surface area contributed by atoms with Gasteiger partial charge in [-0.15, -0.1) is 0 Å². The standard InChI is InChI=1S/C13H8ClN3O2S/c1-7-11(18)15-13-17(16-7)12(19)10(20-13)6-8-2-4-9(14)5-3-8/h2-6H,1H3/b10-6-. The Morgan fingerprint density at radius 1 is 1.25 bits per heavy atom. The van der Waals surface area contributed by atoms with Gasteiger partial charge < -0.3 is 0 Å². The number of rotatable bonds is 1. The third kappa shape index (κ3) is 2.23. The Balaban J connectivity index is 2.27. The van der Waals surface area contributed by atoms with Crippen molar-refractivity contribution in [3.63, 3.8) is 0 Å². The van der Waals surface area contributed by atoms with Crippen molar-refractivity contribution in [3.05, 3.63) is 65.8 Å². The van der Waals surface area contributed by atoms with Crippen LogP contribution >= 0.6 is 22.9 Å². The lowest BCUT2D eigenvalue weighted by atomic mass is 10.2. The van der Waals surface area contributed by atoms with Crippen molar-refractivity contribution in [1.29, 1.82) is 0 Å². The molecular weight excluding hydrogens is 298 g/mol. The SMILES string of the molecule is Cc1nn2c(=O)/c(=C/c3ccc(Cl)cc3)sc2nc1=O. The molecule has 20 heavy (non-hydrogen) atoms. The maximum absolute atomic E-state index is 12.2. The van der Waals surface area contributed by atoms with Gasteiger partial charge in [0, 0.05) is 5.02 Å². The maximum atomic E-state index is 12.2. The van der Waals surface area contributed by atoms with Crippen LogP contribution in [0.15, 0.2) is 33.9 Å². The number of nitrogens with zero attached hydrogens (tertiary/aromatic N) is 3. The first kappa shape index (κ1) is 13.0. The molecule has 0 fully saturated rings. The molecule has 0 aliphatic heterocycles. The maximum Gasteiger partial charge on any atom is 0.295 e. The van der Waals surface area contributed by atoms with Gasteiger partial charge in [0.2, 0.25) is 4.96 Å². The number of hydrogen-bond acceptors (Lipinski definition) is 5. The van der Waals surface area contributed by atoms with Crippen LogP contribution in [0.5, 0.6) is 0 Å². The van der Waals surface area contributed by atoms with Crippen molar-refractivity contribution in [2.75, 3.05) is 0 Å². The van der Waals surface area contributed by atoms with E-state index in [2.05, 4.69) is 10.1 Å². The van der Waals surface area contributed by atoms with Gasteiger partial charge in [-0.2, -0.15) is 14.6 Å². The van der Waals surface area contributed by atoms with Gasteiger partial charge in [0.1, 0.15) is 5.69 Å². The molecule has 100 valence electrons. The monoisotopic (exact) mass is 305 g/mol. The highest BCUT2D eigenvalue weighted by atomic mass is 35.5. The fourth-order valence-electron chi connectivity index (χ4n) is 1.70. The number of hydrogen-bond donors (Lipinski definition) is 0. The zero-order valence-corrected chi connectivity index (χ0v) is 11.9. The van der Waals surface area contributed by atoms with Gasteiger partial charge in [0.05, 0.1) is 4.53 Å². The van der Waals surface area contributed by atoms with Gasteiger partial charge in [-0.3, -0.25) is 9.59 Å². The number of aromatic nitrogens is 3. The Morgan fingerprint density at radius 2 is 1.95 bits per heavy atom. The van der Waals surface area contributed by atoms with Crippen LogP contribution in [0.3, 0.4) is 0 Å². The number of thiazole rings is 1. The first-order chi connectivity index (χ1) is 9.54. The second-order valence-electron chi connectivity index (χ2n) is 4.16. The second-order valence-corrected chi connectivity index (χ2v) is 5.61. The molecule has 0 unspecified atom stereocenters. The Labute approximate surface area is 121 Å². The molecule has 0 amide bonds. The summed E-state index contributed by atoms with van der Waals surface area (Å²) in [4.78, 5) is 27.7. The van der Waals surface area contributed by atoms with Crippen LogP contribution in [0, 0.1) is 6.92 Å². The number of fused-ring (bicyclic) bond motifs is 1. The second kappa shape index (κ2) is 4.81. The summed E-state index contributed by atoms with van der Waals surface area (Å²) in [5.74, 6) is 0. The average Bonchev–Trinajstić information content (AvgIpc) is 2.70. The Kier molecular flexibility index (Phi) is 3.11. The molecule has 0 bridgehead atoms. The van der Waals surface area contributed by atoms with E-state index in [9.17, 15) is 9.59 Å². The minimum Gasteiger partial charge on any atom is -0.266 e. The summed E-state index contributed by atoms with van der Waals surface area (Å²) >= 11 is 6.95. The summed E-state index contributed by atoms with van der Waals surface area (Å²) in [6.45, 7) is 1.53. The van der Waals surface area contributed by atoms with Gasteiger partial charge in [0.15, 0.2) is 0 Å². The van der Waals surface area contributed by atoms with E-state index in [0.29, 0.717) is 14.5 Å². The van der Waals surface area contributed by atoms with Gasteiger partial charge >= 0.3 is 0 Å². The molecule has 0 aliphatic carbocycles. The van der Waals surface area contributed by atoms with E-state index in [1.54, 1.807) is 18.2 Å². The normalized spacial score (nSPS) is 12.2. The third-order valence-corrected chi connectivity index (χ3v) is 3.92. The molecule has 2 heterocycles. The highest BCUT2D eigenvalue weighted by Gasteiger charge is 2.07. The molecule has 5 nitrogen and oxygen atoms in total. The number of benzene rings is 1. The minimum absolute atomic E-state index is 0.204. The highest BCUT2D eigenvalue weighted by Crippen LogP contribution is 2.09. The fourth-order valence-corrected chi connectivity index (χ4v) is 2.73. The molecule has 3 aromatic rings. The molecule has 1 aromatic carbocycles. The van der Waals surface area contributed by atoms with E-state index in [1.807, 2.05) is 12.1 Å². The van der Waals surface area contributed by atoms with Crippen LogP contribution in [0.4, 0.5) is 0 Å². The van der Waals surface area contributed by atoms with E-state index in [-0.39, 0.29) is 11.3 Å². The lowest BCUT2D eigenvalue weighted by Gasteiger charge is -1.91. The van der Waals surface area contributed by atoms with Gasteiger partial charge in [-0.1, -0.05) is 35.1 Å². The van der Waals surface area contributed by atoms with E-state index in [1.165, 1.54) is 6.92 Å². The quantitative estimate of drug-likeness (QED) is 0.673. The van der Waals surface area contributed by atoms with Crippen molar-refractivity contribution >= 4 is 34.0 Å². The van der Waals surface area contributed by atoms with Crippen molar-refractivity contribution in [3.8, 4) is 0 Å². The molecule has 3 rings (SSSR count). The zero-order chi connectivity index (χ0) is 14.3. The smallest absolute Gasteiger partial charge is 0.266 e. The fraction of sp³-hybridized carbons (Fsp3) is 0.0769. The van der Waals surface area contributed by atoms with Crippen molar-refractivity contribution in [1.82, 2.24) is 14.6 Å². The Hall–Kier alpha value is -2.05. The van der Waals surface area contributed by atoms with Gasteiger partial charge in [0.25, 0.3) is 11.1 Å². The van der Waals surface area contributed by atoms with E-state index in [0.717, 1.165) is 21.4 Å². The molecule has 0 spiro atoms. The molecule has 0 aliphatic rings. The van der Waals surface area contributed by atoms with Crippen molar-refractivity contribution in [2.24, 2.45) is 0 Å². The van der Waals surface area contributed by atoms with E-state index >= 15 is 0 Å². The zero-order valence-electron chi connectivity index (χ0n) is 10.3. The summed E-state index contributed by atoms with van der Waals surface area (Å²) in [6, 6.07) is 7.10. The molecule has 7 heteroatoms. The first-order valence-corrected chi connectivity index (χ1v) is 6.92. The first-order valence-electron chi connectivity index (χ1n) is 5.72. The van der Waals surface area contributed by atoms with E-state index < -0.39 is 5.56 Å². The molecule has 0 atom stereocenters. The summed E-state index contributed by atoms with van der Waals surface area (Å²) in [7, 11) is 0. The average molecular weight is 306 g/mol. The van der Waals surface area contributed by atoms with Gasteiger partial charge in [-0.05, 0) is 30.7 Å². The Morgan fingerprint density at radius 3 is 2.65 bits per heavy atom. The lowest BCUT2D eigenvalue weighted by molar-refractivity contribution is 0.833. The third-order valence-electron chi connectivity index (χ3n) is 2.71. The number of aryl methyl sites for hydroxylation is 1. The van der Waals surface area contributed by atoms with Crippen molar-refractivity contribution < 1.29 is 0 Å². The molecule has 0 saturated carbocycles. The predicted molar refractivity (Wildman–Crippen MR) is 78.4 cm³/mol. The van der Waals surface area contributed by atoms with Gasteiger partial charge in [-0.25, -0.2) is 0 Å². The van der Waals surface area contributed by atoms with Crippen LogP contribution in [0.2, 0.25) is 5.02 Å². The molecule has 0 N–H and O–H groups in total. The summed E-state index contributed by atoms with van der Waals surface area (Å²) in [5.41, 5.74) is 0.355. The number of halogens is 1. The van der Waals surface area contributed by atoms with E-state index in [4.69, 9.17) is 11.6 Å². The summed E-state index contributed by atoms with van der Waals surface area (Å²) in [6.07, 6.45) is 1.72. The molecular formula is C13H8ClN3O2S. The topological polar surface area (TPSA) is 64.3 Å². The van der Waals surface area contributed by atoms with Crippen LogP contribution in [-0.4, -0.2) is 14.6 Å². The van der Waals surface area contributed by atoms with Crippen molar-refractivity contribution in [2.45, 2.75) is 6.92 Å². The largest absolute Gasteiger partial charge is 0.295 e. The van der Waals surface area contributed by atoms with Crippen LogP contribution in [0.1, 0.15) is 11.3 Å². The molecule has 2 aromatic heterocycles. The summed E-state index contributed by atoms with van der Waals surface area (Å²) in [5, 5.41) is 4.58. The predicted octanol–water partition coefficient (Wildman–Crippen LogP) is 1.02. The lowest BCUT2D eigenvalue weighted by Crippen LogP contribution is -2.27. The van der Waals surface area contributed by atoms with Crippen LogP contribution < -0.4 is 15.7 Å². The summed E-state index contributed by atoms with van der Waals surface area (Å²) < 4.78 is 1.63. The molecule has 0 radical (unpaired) electrons.